The standard InChI is InChI=1S/C13H15ClN4/c14-10-6-5-9(7-11(10)15)13-16-12(17-18-13)8-3-1-2-4-8/h5-8H,1-4,15H2,(H,16,17,18). The number of anilines is 1. The van der Waals surface area contributed by atoms with Crippen LogP contribution in [0.1, 0.15) is 37.4 Å². The molecule has 1 aromatic heterocycles. The van der Waals surface area contributed by atoms with Crippen LogP contribution in [-0.2, 0) is 0 Å². The summed E-state index contributed by atoms with van der Waals surface area (Å²) in [5.74, 6) is 2.23. The molecular formula is C13H15ClN4. The average molecular weight is 263 g/mol. The fraction of sp³-hybridized carbons (Fsp3) is 0.385. The number of nitrogen functional groups attached to an aromatic ring is 1. The molecule has 0 aliphatic heterocycles. The molecule has 4 nitrogen and oxygen atoms in total. The van der Waals surface area contributed by atoms with Gasteiger partial charge in [-0.15, -0.1) is 0 Å². The summed E-state index contributed by atoms with van der Waals surface area (Å²) in [5.41, 5.74) is 7.25. The van der Waals surface area contributed by atoms with Gasteiger partial charge in [0.15, 0.2) is 5.82 Å². The summed E-state index contributed by atoms with van der Waals surface area (Å²) in [6, 6.07) is 5.47. The molecule has 0 amide bonds. The summed E-state index contributed by atoms with van der Waals surface area (Å²) in [7, 11) is 0. The first kappa shape index (κ1) is 11.5. The molecule has 2 aromatic rings. The second-order valence-corrected chi connectivity index (χ2v) is 5.17. The third-order valence-corrected chi connectivity index (χ3v) is 3.84. The molecule has 18 heavy (non-hydrogen) atoms. The number of H-pyrrole nitrogens is 1. The van der Waals surface area contributed by atoms with Gasteiger partial charge in [0, 0.05) is 11.5 Å². The molecule has 1 aliphatic rings. The van der Waals surface area contributed by atoms with Crippen LogP contribution in [0.15, 0.2) is 18.2 Å². The molecule has 1 heterocycles. The molecule has 0 bridgehead atoms. The van der Waals surface area contributed by atoms with Crippen molar-refractivity contribution in [2.45, 2.75) is 31.6 Å². The molecule has 3 N–H and O–H groups in total. The molecule has 0 saturated heterocycles. The minimum Gasteiger partial charge on any atom is -0.398 e. The minimum atomic E-state index is 0.538. The molecule has 0 unspecified atom stereocenters. The molecule has 5 heteroatoms. The van der Waals surface area contributed by atoms with E-state index < -0.39 is 0 Å². The number of hydrogen-bond donors (Lipinski definition) is 2. The van der Waals surface area contributed by atoms with Gasteiger partial charge in [-0.25, -0.2) is 4.98 Å². The lowest BCUT2D eigenvalue weighted by Gasteiger charge is -2.02. The lowest BCUT2D eigenvalue weighted by molar-refractivity contribution is 0.672. The lowest BCUT2D eigenvalue weighted by atomic mass is 10.1. The molecule has 0 atom stereocenters. The van der Waals surface area contributed by atoms with Crippen molar-refractivity contribution in [3.05, 3.63) is 29.0 Å². The van der Waals surface area contributed by atoms with E-state index in [1.807, 2.05) is 12.1 Å². The van der Waals surface area contributed by atoms with Crippen LogP contribution in [0.3, 0.4) is 0 Å². The Balaban J connectivity index is 1.89. The molecule has 0 spiro atoms. The number of nitrogens with zero attached hydrogens (tertiary/aromatic N) is 2. The van der Waals surface area contributed by atoms with Gasteiger partial charge >= 0.3 is 0 Å². The van der Waals surface area contributed by atoms with E-state index in [1.54, 1.807) is 6.07 Å². The van der Waals surface area contributed by atoms with Gasteiger partial charge in [-0.05, 0) is 31.0 Å². The molecular weight excluding hydrogens is 248 g/mol. The van der Waals surface area contributed by atoms with Crippen molar-refractivity contribution in [1.29, 1.82) is 0 Å². The Bertz CT molecular complexity index is 558. The monoisotopic (exact) mass is 262 g/mol. The quantitative estimate of drug-likeness (QED) is 0.816. The van der Waals surface area contributed by atoms with Crippen LogP contribution in [0.2, 0.25) is 5.02 Å². The van der Waals surface area contributed by atoms with Gasteiger partial charge in [-0.3, -0.25) is 5.10 Å². The summed E-state index contributed by atoms with van der Waals surface area (Å²) in [6.45, 7) is 0. The van der Waals surface area contributed by atoms with Crippen molar-refractivity contribution in [3.63, 3.8) is 0 Å². The first-order valence-electron chi connectivity index (χ1n) is 6.22. The highest BCUT2D eigenvalue weighted by Crippen LogP contribution is 2.33. The smallest absolute Gasteiger partial charge is 0.181 e. The van der Waals surface area contributed by atoms with Gasteiger partial charge in [0.1, 0.15) is 5.82 Å². The van der Waals surface area contributed by atoms with Crippen molar-refractivity contribution in [1.82, 2.24) is 15.2 Å². The maximum Gasteiger partial charge on any atom is 0.181 e. The van der Waals surface area contributed by atoms with E-state index in [2.05, 4.69) is 15.2 Å². The number of hydrogen-bond acceptors (Lipinski definition) is 3. The Hall–Kier alpha value is -1.55. The van der Waals surface area contributed by atoms with Crippen LogP contribution >= 0.6 is 11.6 Å². The highest BCUT2D eigenvalue weighted by atomic mass is 35.5. The number of halogens is 1. The largest absolute Gasteiger partial charge is 0.398 e. The van der Waals surface area contributed by atoms with E-state index in [-0.39, 0.29) is 0 Å². The highest BCUT2D eigenvalue weighted by molar-refractivity contribution is 6.33. The fourth-order valence-corrected chi connectivity index (χ4v) is 2.59. The van der Waals surface area contributed by atoms with Crippen molar-refractivity contribution < 1.29 is 0 Å². The molecule has 94 valence electrons. The first-order chi connectivity index (χ1) is 8.74. The Morgan fingerprint density at radius 3 is 2.78 bits per heavy atom. The normalized spacial score (nSPS) is 16.3. The van der Waals surface area contributed by atoms with E-state index in [4.69, 9.17) is 17.3 Å². The summed E-state index contributed by atoms with van der Waals surface area (Å²) >= 11 is 5.90. The van der Waals surface area contributed by atoms with E-state index in [0.717, 1.165) is 11.4 Å². The SMILES string of the molecule is Nc1cc(-c2n[nH]c(C3CCCC3)n2)ccc1Cl. The predicted molar refractivity (Wildman–Crippen MR) is 72.5 cm³/mol. The number of aromatic nitrogens is 3. The second kappa shape index (κ2) is 4.61. The van der Waals surface area contributed by atoms with Crippen LogP contribution in [0, 0.1) is 0 Å². The van der Waals surface area contributed by atoms with Crippen LogP contribution < -0.4 is 5.73 Å². The topological polar surface area (TPSA) is 67.6 Å². The zero-order chi connectivity index (χ0) is 12.5. The van der Waals surface area contributed by atoms with E-state index >= 15 is 0 Å². The maximum absolute atomic E-state index is 5.90. The van der Waals surface area contributed by atoms with Crippen LogP contribution in [0.4, 0.5) is 5.69 Å². The fourth-order valence-electron chi connectivity index (χ4n) is 2.47. The van der Waals surface area contributed by atoms with Gasteiger partial charge in [-0.1, -0.05) is 24.4 Å². The Kier molecular flexibility index (Phi) is 2.96. The van der Waals surface area contributed by atoms with Crippen molar-refractivity contribution in [2.24, 2.45) is 0 Å². The predicted octanol–water partition coefficient (Wildman–Crippen LogP) is 3.36. The Morgan fingerprint density at radius 2 is 2.06 bits per heavy atom. The number of nitrogens with two attached hydrogens (primary N) is 1. The highest BCUT2D eigenvalue weighted by Gasteiger charge is 2.20. The Labute approximate surface area is 111 Å². The zero-order valence-electron chi connectivity index (χ0n) is 9.99. The summed E-state index contributed by atoms with van der Waals surface area (Å²) in [5, 5.41) is 7.87. The van der Waals surface area contributed by atoms with Crippen molar-refractivity contribution in [2.75, 3.05) is 5.73 Å². The van der Waals surface area contributed by atoms with Gasteiger partial charge in [0.05, 0.1) is 10.7 Å². The van der Waals surface area contributed by atoms with E-state index in [0.29, 0.717) is 22.5 Å². The molecule has 1 saturated carbocycles. The summed E-state index contributed by atoms with van der Waals surface area (Å²) in [4.78, 5) is 4.57. The lowest BCUT2D eigenvalue weighted by Crippen LogP contribution is -1.94. The third kappa shape index (κ3) is 2.08. The average Bonchev–Trinajstić information content (AvgIpc) is 3.01. The van der Waals surface area contributed by atoms with E-state index in [9.17, 15) is 0 Å². The number of aromatic amines is 1. The van der Waals surface area contributed by atoms with Crippen molar-refractivity contribution in [3.8, 4) is 11.4 Å². The van der Waals surface area contributed by atoms with Gasteiger partial charge in [0.2, 0.25) is 0 Å². The van der Waals surface area contributed by atoms with Gasteiger partial charge < -0.3 is 5.73 Å². The van der Waals surface area contributed by atoms with Gasteiger partial charge in [-0.2, -0.15) is 5.10 Å². The van der Waals surface area contributed by atoms with Crippen LogP contribution in [-0.4, -0.2) is 15.2 Å². The maximum atomic E-state index is 5.90. The first-order valence-corrected chi connectivity index (χ1v) is 6.59. The number of rotatable bonds is 2. The Morgan fingerprint density at radius 1 is 1.28 bits per heavy atom. The summed E-state index contributed by atoms with van der Waals surface area (Å²) < 4.78 is 0. The third-order valence-electron chi connectivity index (χ3n) is 3.50. The van der Waals surface area contributed by atoms with Crippen LogP contribution in [0.5, 0.6) is 0 Å². The molecule has 1 fully saturated rings. The van der Waals surface area contributed by atoms with Gasteiger partial charge in [0.25, 0.3) is 0 Å². The van der Waals surface area contributed by atoms with Crippen molar-refractivity contribution >= 4 is 17.3 Å². The minimum absolute atomic E-state index is 0.538. The van der Waals surface area contributed by atoms with Crippen LogP contribution in [0.25, 0.3) is 11.4 Å². The second-order valence-electron chi connectivity index (χ2n) is 4.76. The zero-order valence-corrected chi connectivity index (χ0v) is 10.7. The number of nitrogens with one attached hydrogen (secondary N) is 1. The molecule has 1 aliphatic carbocycles. The number of benzene rings is 1. The van der Waals surface area contributed by atoms with E-state index in [1.165, 1.54) is 25.7 Å². The molecule has 0 radical (unpaired) electrons. The summed E-state index contributed by atoms with van der Waals surface area (Å²) in [6.07, 6.45) is 4.98. The molecule has 3 rings (SSSR count). The molecule has 1 aromatic carbocycles.